The minimum absolute atomic E-state index is 0.143. The molecule has 0 aromatic heterocycles. The monoisotopic (exact) mass is 175 g/mol. The number of esters is 1. The normalized spacial score (nSPS) is 14.1. The summed E-state index contributed by atoms with van der Waals surface area (Å²) >= 11 is 0. The largest absolute Gasteiger partial charge is 0.467 e. The van der Waals surface area contributed by atoms with Crippen LogP contribution in [-0.4, -0.2) is 31.3 Å². The highest BCUT2D eigenvalue weighted by atomic mass is 16.6. The van der Waals surface area contributed by atoms with E-state index >= 15 is 0 Å². The van der Waals surface area contributed by atoms with Gasteiger partial charge in [0.05, 0.1) is 12.7 Å². The van der Waals surface area contributed by atoms with Crippen molar-refractivity contribution < 1.29 is 14.3 Å². The van der Waals surface area contributed by atoms with E-state index in [1.807, 2.05) is 20.8 Å². The molecule has 0 rings (SSSR count). The molecule has 0 bridgehead atoms. The van der Waals surface area contributed by atoms with Crippen LogP contribution in [0.2, 0.25) is 0 Å². The van der Waals surface area contributed by atoms with E-state index in [9.17, 15) is 4.79 Å². The van der Waals surface area contributed by atoms with E-state index in [-0.39, 0.29) is 12.1 Å². The zero-order valence-electron chi connectivity index (χ0n) is 8.09. The minimum Gasteiger partial charge on any atom is -0.467 e. The fourth-order valence-electron chi connectivity index (χ4n) is 0.751. The molecular weight excluding hydrogens is 158 g/mol. The zero-order valence-corrected chi connectivity index (χ0v) is 8.09. The van der Waals surface area contributed by atoms with E-state index in [0.29, 0.717) is 0 Å². The Morgan fingerprint density at radius 1 is 1.50 bits per heavy atom. The van der Waals surface area contributed by atoms with Crippen LogP contribution in [0.5, 0.6) is 0 Å². The SMILES string of the molecule is COC(=O)C(CN)OC(C)(C)C. The topological polar surface area (TPSA) is 61.5 Å². The summed E-state index contributed by atoms with van der Waals surface area (Å²) in [6, 6.07) is 0. The van der Waals surface area contributed by atoms with Crippen LogP contribution in [0.25, 0.3) is 0 Å². The van der Waals surface area contributed by atoms with Gasteiger partial charge in [-0.2, -0.15) is 0 Å². The first-order valence-corrected chi connectivity index (χ1v) is 3.86. The van der Waals surface area contributed by atoms with Crippen LogP contribution >= 0.6 is 0 Å². The van der Waals surface area contributed by atoms with Gasteiger partial charge < -0.3 is 15.2 Å². The highest BCUT2D eigenvalue weighted by Crippen LogP contribution is 2.10. The standard InChI is InChI=1S/C8H17NO3/c1-8(2,3)12-6(5-9)7(10)11-4/h6H,5,9H2,1-4H3. The average molecular weight is 175 g/mol. The van der Waals surface area contributed by atoms with Gasteiger partial charge in [0.25, 0.3) is 0 Å². The van der Waals surface area contributed by atoms with Crippen LogP contribution in [0.15, 0.2) is 0 Å². The van der Waals surface area contributed by atoms with Gasteiger partial charge >= 0.3 is 5.97 Å². The Hall–Kier alpha value is -0.610. The first-order valence-electron chi connectivity index (χ1n) is 3.86. The van der Waals surface area contributed by atoms with Gasteiger partial charge in [0.2, 0.25) is 0 Å². The average Bonchev–Trinajstić information content (AvgIpc) is 1.97. The summed E-state index contributed by atoms with van der Waals surface area (Å²) in [6.45, 7) is 5.72. The summed E-state index contributed by atoms with van der Waals surface area (Å²) < 4.78 is 9.85. The number of carbonyl (C=O) groups is 1. The smallest absolute Gasteiger partial charge is 0.336 e. The number of hydrogen-bond donors (Lipinski definition) is 1. The molecule has 0 saturated carbocycles. The van der Waals surface area contributed by atoms with Crippen molar-refractivity contribution in [2.75, 3.05) is 13.7 Å². The fraction of sp³-hybridized carbons (Fsp3) is 0.875. The minimum atomic E-state index is -0.657. The molecule has 0 aliphatic heterocycles. The first kappa shape index (κ1) is 11.4. The van der Waals surface area contributed by atoms with Crippen LogP contribution in [-0.2, 0) is 14.3 Å². The van der Waals surface area contributed by atoms with Crippen molar-refractivity contribution in [3.05, 3.63) is 0 Å². The number of ether oxygens (including phenoxy) is 2. The lowest BCUT2D eigenvalue weighted by Gasteiger charge is -2.24. The second-order valence-corrected chi connectivity index (χ2v) is 3.48. The number of rotatable bonds is 3. The predicted molar refractivity (Wildman–Crippen MR) is 45.7 cm³/mol. The van der Waals surface area contributed by atoms with Crippen molar-refractivity contribution in [2.24, 2.45) is 5.73 Å². The summed E-state index contributed by atoms with van der Waals surface area (Å²) in [5, 5.41) is 0. The van der Waals surface area contributed by atoms with Gasteiger partial charge in [-0.25, -0.2) is 4.79 Å². The van der Waals surface area contributed by atoms with Crippen LogP contribution in [0.4, 0.5) is 0 Å². The molecule has 0 amide bonds. The van der Waals surface area contributed by atoms with E-state index in [0.717, 1.165) is 0 Å². The summed E-state index contributed by atoms with van der Waals surface area (Å²) in [6.07, 6.45) is -0.657. The molecule has 0 fully saturated rings. The molecule has 0 heterocycles. The molecular formula is C8H17NO3. The molecule has 1 atom stereocenters. The number of carbonyl (C=O) groups excluding carboxylic acids is 1. The predicted octanol–water partition coefficient (Wildman–Crippen LogP) is 0.302. The molecule has 0 aromatic carbocycles. The number of hydrogen-bond acceptors (Lipinski definition) is 4. The Balaban J connectivity index is 4.09. The summed E-state index contributed by atoms with van der Waals surface area (Å²) in [5.74, 6) is -0.424. The van der Waals surface area contributed by atoms with E-state index in [1.165, 1.54) is 7.11 Å². The maximum Gasteiger partial charge on any atom is 0.336 e. The molecule has 4 heteroatoms. The molecule has 12 heavy (non-hydrogen) atoms. The van der Waals surface area contributed by atoms with Crippen LogP contribution < -0.4 is 5.73 Å². The van der Waals surface area contributed by atoms with E-state index in [2.05, 4.69) is 4.74 Å². The highest BCUT2D eigenvalue weighted by molar-refractivity contribution is 5.74. The molecule has 0 radical (unpaired) electrons. The van der Waals surface area contributed by atoms with Crippen LogP contribution in [0.3, 0.4) is 0 Å². The third-order valence-electron chi connectivity index (χ3n) is 1.17. The maximum atomic E-state index is 11.0. The van der Waals surface area contributed by atoms with Gasteiger partial charge in [0.1, 0.15) is 0 Å². The van der Waals surface area contributed by atoms with E-state index in [4.69, 9.17) is 10.5 Å². The lowest BCUT2D eigenvalue weighted by atomic mass is 10.2. The quantitative estimate of drug-likeness (QED) is 0.627. The van der Waals surface area contributed by atoms with E-state index in [1.54, 1.807) is 0 Å². The summed E-state index contributed by atoms with van der Waals surface area (Å²) in [4.78, 5) is 11.0. The molecule has 1 unspecified atom stereocenters. The fourth-order valence-corrected chi connectivity index (χ4v) is 0.751. The van der Waals surface area contributed by atoms with Crippen molar-refractivity contribution in [3.63, 3.8) is 0 Å². The number of nitrogens with two attached hydrogens (primary N) is 1. The highest BCUT2D eigenvalue weighted by Gasteiger charge is 2.24. The third-order valence-corrected chi connectivity index (χ3v) is 1.17. The van der Waals surface area contributed by atoms with Crippen molar-refractivity contribution in [3.8, 4) is 0 Å². The summed E-state index contributed by atoms with van der Waals surface area (Å²) in [7, 11) is 1.32. The van der Waals surface area contributed by atoms with Gasteiger partial charge in [-0.3, -0.25) is 0 Å². The molecule has 0 saturated heterocycles. The van der Waals surface area contributed by atoms with Gasteiger partial charge in [0.15, 0.2) is 6.10 Å². The molecule has 0 aliphatic carbocycles. The van der Waals surface area contributed by atoms with Gasteiger partial charge in [0, 0.05) is 6.54 Å². The Morgan fingerprint density at radius 3 is 2.25 bits per heavy atom. The maximum absolute atomic E-state index is 11.0. The molecule has 4 nitrogen and oxygen atoms in total. The Morgan fingerprint density at radius 2 is 2.00 bits per heavy atom. The van der Waals surface area contributed by atoms with Crippen molar-refractivity contribution in [2.45, 2.75) is 32.5 Å². The third kappa shape index (κ3) is 4.31. The Kier molecular flexibility index (Phi) is 4.20. The Bertz CT molecular complexity index is 151. The summed E-state index contributed by atoms with van der Waals surface area (Å²) in [5.41, 5.74) is 4.95. The lowest BCUT2D eigenvalue weighted by molar-refractivity contribution is -0.162. The zero-order chi connectivity index (χ0) is 9.78. The van der Waals surface area contributed by atoms with Gasteiger partial charge in [-0.1, -0.05) is 0 Å². The van der Waals surface area contributed by atoms with E-state index < -0.39 is 12.1 Å². The second kappa shape index (κ2) is 4.42. The molecule has 72 valence electrons. The van der Waals surface area contributed by atoms with Crippen LogP contribution in [0.1, 0.15) is 20.8 Å². The molecule has 0 spiro atoms. The van der Waals surface area contributed by atoms with Crippen molar-refractivity contribution in [1.29, 1.82) is 0 Å². The van der Waals surface area contributed by atoms with Crippen LogP contribution in [0, 0.1) is 0 Å². The molecule has 0 aliphatic rings. The molecule has 0 aromatic rings. The van der Waals surface area contributed by atoms with Crippen molar-refractivity contribution in [1.82, 2.24) is 0 Å². The number of methoxy groups -OCH3 is 1. The second-order valence-electron chi connectivity index (χ2n) is 3.48. The lowest BCUT2D eigenvalue weighted by Crippen LogP contribution is -2.39. The van der Waals surface area contributed by atoms with Gasteiger partial charge in [-0.15, -0.1) is 0 Å². The van der Waals surface area contributed by atoms with Gasteiger partial charge in [-0.05, 0) is 20.8 Å². The Labute approximate surface area is 73.0 Å². The molecule has 2 N–H and O–H groups in total. The first-order chi connectivity index (χ1) is 5.40. The van der Waals surface area contributed by atoms with Crippen molar-refractivity contribution >= 4 is 5.97 Å².